The Bertz CT molecular complexity index is 695. The van der Waals surface area contributed by atoms with Crippen LogP contribution in [0.3, 0.4) is 0 Å². The predicted molar refractivity (Wildman–Crippen MR) is 87.5 cm³/mol. The van der Waals surface area contributed by atoms with E-state index < -0.39 is 4.92 Å². The first-order valence-electron chi connectivity index (χ1n) is 6.98. The molecule has 0 unspecified atom stereocenters. The van der Waals surface area contributed by atoms with E-state index in [0.29, 0.717) is 5.82 Å². The monoisotopic (exact) mass is 317 g/mol. The summed E-state index contributed by atoms with van der Waals surface area (Å²) < 4.78 is 0. The summed E-state index contributed by atoms with van der Waals surface area (Å²) in [7, 11) is 0. The average Bonchev–Trinajstić information content (AvgIpc) is 2.46. The fourth-order valence-electron chi connectivity index (χ4n) is 1.64. The minimum Gasteiger partial charge on any atom is -0.319 e. The van der Waals surface area contributed by atoms with Crippen LogP contribution in [0.15, 0.2) is 24.7 Å². The number of nitro groups is 1. The van der Waals surface area contributed by atoms with Crippen molar-refractivity contribution in [2.24, 2.45) is 0 Å². The molecule has 0 atom stereocenters. The van der Waals surface area contributed by atoms with Gasteiger partial charge in [0, 0.05) is 11.7 Å². The number of hydrogen-bond acceptors (Lipinski definition) is 8. The van der Waals surface area contributed by atoms with Crippen molar-refractivity contribution in [1.29, 1.82) is 0 Å². The van der Waals surface area contributed by atoms with E-state index in [2.05, 4.69) is 31.1 Å². The van der Waals surface area contributed by atoms with Gasteiger partial charge in [-0.3, -0.25) is 15.5 Å². The number of hydrogen-bond donors (Lipinski definition) is 3. The van der Waals surface area contributed by atoms with E-state index in [1.165, 1.54) is 6.33 Å². The minimum atomic E-state index is -0.538. The normalized spacial score (nSPS) is 11.1. The molecule has 0 aromatic carbocycles. The van der Waals surface area contributed by atoms with Crippen LogP contribution in [0.5, 0.6) is 0 Å². The third kappa shape index (κ3) is 4.58. The van der Waals surface area contributed by atoms with Crippen molar-refractivity contribution >= 4 is 23.1 Å². The molecule has 9 heteroatoms. The number of aryl methyl sites for hydroxylation is 1. The van der Waals surface area contributed by atoms with E-state index in [1.54, 1.807) is 12.3 Å². The van der Waals surface area contributed by atoms with Gasteiger partial charge in [-0.1, -0.05) is 6.07 Å². The van der Waals surface area contributed by atoms with Crippen LogP contribution in [-0.2, 0) is 0 Å². The SMILES string of the molecule is Cc1ccc(Nc2ncnc(NNC(C)(C)C)c2[N+](=O)[O-])nc1. The van der Waals surface area contributed by atoms with Gasteiger partial charge in [0.25, 0.3) is 0 Å². The Hall–Kier alpha value is -2.81. The molecule has 0 saturated carbocycles. The number of nitrogens with one attached hydrogen (secondary N) is 3. The lowest BCUT2D eigenvalue weighted by molar-refractivity contribution is -0.383. The molecule has 0 spiro atoms. The van der Waals surface area contributed by atoms with Crippen LogP contribution < -0.4 is 16.2 Å². The summed E-state index contributed by atoms with van der Waals surface area (Å²) in [5.74, 6) is 0.612. The summed E-state index contributed by atoms with van der Waals surface area (Å²) in [5.41, 5.74) is 6.16. The number of aromatic nitrogens is 3. The summed E-state index contributed by atoms with van der Waals surface area (Å²) in [6.45, 7) is 7.66. The average molecular weight is 317 g/mol. The highest BCUT2D eigenvalue weighted by atomic mass is 16.6. The lowest BCUT2D eigenvalue weighted by Gasteiger charge is -2.21. The Balaban J connectivity index is 2.32. The van der Waals surface area contributed by atoms with Crippen molar-refractivity contribution in [2.75, 3.05) is 10.7 Å². The molecule has 0 aliphatic heterocycles. The van der Waals surface area contributed by atoms with Gasteiger partial charge in [0.2, 0.25) is 11.6 Å². The number of hydrazine groups is 1. The van der Waals surface area contributed by atoms with Crippen LogP contribution in [0.1, 0.15) is 26.3 Å². The highest BCUT2D eigenvalue weighted by molar-refractivity contribution is 5.72. The van der Waals surface area contributed by atoms with E-state index in [0.717, 1.165) is 5.56 Å². The largest absolute Gasteiger partial charge is 0.354 e. The Kier molecular flexibility index (Phi) is 4.70. The van der Waals surface area contributed by atoms with Gasteiger partial charge in [0.05, 0.1) is 4.92 Å². The van der Waals surface area contributed by atoms with Crippen LogP contribution in [0.25, 0.3) is 0 Å². The molecular formula is C14H19N7O2. The highest BCUT2D eigenvalue weighted by Crippen LogP contribution is 2.30. The summed E-state index contributed by atoms with van der Waals surface area (Å²) in [6.07, 6.45) is 2.91. The molecule has 0 radical (unpaired) electrons. The first kappa shape index (κ1) is 16.6. The fourth-order valence-corrected chi connectivity index (χ4v) is 1.64. The first-order valence-corrected chi connectivity index (χ1v) is 6.98. The third-order valence-corrected chi connectivity index (χ3v) is 2.72. The van der Waals surface area contributed by atoms with Crippen molar-refractivity contribution in [1.82, 2.24) is 20.4 Å². The topological polar surface area (TPSA) is 118 Å². The second kappa shape index (κ2) is 6.53. The van der Waals surface area contributed by atoms with Gasteiger partial charge in [-0.15, -0.1) is 0 Å². The zero-order chi connectivity index (χ0) is 17.0. The Morgan fingerprint density at radius 1 is 1.13 bits per heavy atom. The standard InChI is InChI=1S/C14H19N7O2/c1-9-5-6-10(15-7-9)18-12-11(21(22)23)13(17-8-16-12)19-20-14(2,3)4/h5-8,20H,1-4H3,(H2,15,16,17,18,19). The van der Waals surface area contributed by atoms with Crippen LogP contribution in [0.2, 0.25) is 0 Å². The Morgan fingerprint density at radius 3 is 2.39 bits per heavy atom. The molecule has 9 nitrogen and oxygen atoms in total. The van der Waals surface area contributed by atoms with Crippen LogP contribution in [-0.4, -0.2) is 25.4 Å². The fraction of sp³-hybridized carbons (Fsp3) is 0.357. The molecule has 0 aliphatic carbocycles. The lowest BCUT2D eigenvalue weighted by Crippen LogP contribution is -2.40. The molecule has 2 heterocycles. The summed E-state index contributed by atoms with van der Waals surface area (Å²) in [4.78, 5) is 22.9. The second-order valence-electron chi connectivity index (χ2n) is 6.02. The van der Waals surface area contributed by atoms with Gasteiger partial charge >= 0.3 is 5.69 Å². The van der Waals surface area contributed by atoms with Gasteiger partial charge in [0.1, 0.15) is 12.1 Å². The predicted octanol–water partition coefficient (Wildman–Crippen LogP) is 2.55. The molecule has 0 fully saturated rings. The van der Waals surface area contributed by atoms with E-state index >= 15 is 0 Å². The molecule has 0 aliphatic rings. The molecule has 0 bridgehead atoms. The third-order valence-electron chi connectivity index (χ3n) is 2.72. The smallest absolute Gasteiger partial charge is 0.319 e. The summed E-state index contributed by atoms with van der Waals surface area (Å²) in [5, 5.41) is 14.3. The van der Waals surface area contributed by atoms with Gasteiger partial charge in [-0.2, -0.15) is 0 Å². The maximum absolute atomic E-state index is 11.4. The van der Waals surface area contributed by atoms with Gasteiger partial charge < -0.3 is 5.32 Å². The molecule has 122 valence electrons. The molecular weight excluding hydrogens is 298 g/mol. The summed E-state index contributed by atoms with van der Waals surface area (Å²) >= 11 is 0. The maximum Gasteiger partial charge on any atom is 0.354 e. The van der Waals surface area contributed by atoms with Crippen molar-refractivity contribution in [2.45, 2.75) is 33.2 Å². The van der Waals surface area contributed by atoms with E-state index in [4.69, 9.17) is 0 Å². The zero-order valence-corrected chi connectivity index (χ0v) is 13.4. The molecule has 3 N–H and O–H groups in total. The first-order chi connectivity index (χ1) is 10.8. The Labute approximate surface area is 133 Å². The quantitative estimate of drug-likeness (QED) is 0.569. The van der Waals surface area contributed by atoms with Gasteiger partial charge in [-0.25, -0.2) is 20.4 Å². The van der Waals surface area contributed by atoms with E-state index in [9.17, 15) is 10.1 Å². The highest BCUT2D eigenvalue weighted by Gasteiger charge is 2.24. The number of pyridine rings is 1. The molecule has 0 amide bonds. The number of nitrogens with zero attached hydrogens (tertiary/aromatic N) is 4. The molecule has 23 heavy (non-hydrogen) atoms. The van der Waals surface area contributed by atoms with Crippen molar-refractivity contribution < 1.29 is 4.92 Å². The number of anilines is 3. The van der Waals surface area contributed by atoms with Crippen LogP contribution in [0, 0.1) is 17.0 Å². The maximum atomic E-state index is 11.4. The zero-order valence-electron chi connectivity index (χ0n) is 13.4. The van der Waals surface area contributed by atoms with Crippen molar-refractivity contribution in [3.8, 4) is 0 Å². The number of rotatable bonds is 5. The van der Waals surface area contributed by atoms with E-state index in [-0.39, 0.29) is 22.9 Å². The van der Waals surface area contributed by atoms with Gasteiger partial charge in [-0.05, 0) is 39.3 Å². The lowest BCUT2D eigenvalue weighted by atomic mass is 10.1. The summed E-state index contributed by atoms with van der Waals surface area (Å²) in [6, 6.07) is 3.57. The Morgan fingerprint density at radius 2 is 1.83 bits per heavy atom. The van der Waals surface area contributed by atoms with Gasteiger partial charge in [0.15, 0.2) is 0 Å². The van der Waals surface area contributed by atoms with Crippen LogP contribution in [0.4, 0.5) is 23.1 Å². The van der Waals surface area contributed by atoms with Crippen molar-refractivity contribution in [3.05, 3.63) is 40.3 Å². The molecule has 2 aromatic heterocycles. The molecule has 0 saturated heterocycles. The minimum absolute atomic E-state index is 0.0690. The molecule has 2 rings (SSSR count). The molecule has 2 aromatic rings. The second-order valence-corrected chi connectivity index (χ2v) is 6.02. The van der Waals surface area contributed by atoms with Crippen LogP contribution >= 0.6 is 0 Å². The van der Waals surface area contributed by atoms with Crippen molar-refractivity contribution in [3.63, 3.8) is 0 Å². The van der Waals surface area contributed by atoms with E-state index in [1.807, 2.05) is 33.8 Å².